The second-order valence-corrected chi connectivity index (χ2v) is 8.77. The SMILES string of the molecule is COc1ccc(Cl)cc1NC(=O)N1CCC(n2c(CC(C)C)nc3cccnc32)CC1. The zero-order valence-corrected chi connectivity index (χ0v) is 18.9. The summed E-state index contributed by atoms with van der Waals surface area (Å²) in [5.74, 6) is 2.17. The molecule has 0 saturated carbocycles. The Morgan fingerprint density at radius 2 is 2.06 bits per heavy atom. The van der Waals surface area contributed by atoms with Crippen LogP contribution in [0.1, 0.15) is 38.6 Å². The van der Waals surface area contributed by atoms with Crippen molar-refractivity contribution in [2.75, 3.05) is 25.5 Å². The number of benzene rings is 1. The fourth-order valence-electron chi connectivity index (χ4n) is 4.17. The Morgan fingerprint density at radius 1 is 1.29 bits per heavy atom. The zero-order chi connectivity index (χ0) is 22.0. The van der Waals surface area contributed by atoms with Crippen molar-refractivity contribution < 1.29 is 9.53 Å². The number of rotatable bonds is 5. The van der Waals surface area contributed by atoms with Gasteiger partial charge >= 0.3 is 6.03 Å². The number of carbonyl (C=O) groups excluding carboxylic acids is 1. The number of imidazole rings is 1. The lowest BCUT2D eigenvalue weighted by Gasteiger charge is -2.33. The molecule has 1 aromatic carbocycles. The van der Waals surface area contributed by atoms with E-state index in [4.69, 9.17) is 21.3 Å². The summed E-state index contributed by atoms with van der Waals surface area (Å²) in [7, 11) is 1.57. The zero-order valence-electron chi connectivity index (χ0n) is 18.1. The van der Waals surface area contributed by atoms with Crippen molar-refractivity contribution in [3.8, 4) is 5.75 Å². The van der Waals surface area contributed by atoms with Crippen molar-refractivity contribution >= 4 is 34.5 Å². The topological polar surface area (TPSA) is 72.3 Å². The van der Waals surface area contributed by atoms with Gasteiger partial charge in [-0.2, -0.15) is 0 Å². The number of piperidine rings is 1. The van der Waals surface area contributed by atoms with E-state index >= 15 is 0 Å². The summed E-state index contributed by atoms with van der Waals surface area (Å²) < 4.78 is 7.63. The van der Waals surface area contributed by atoms with Crippen molar-refractivity contribution in [1.82, 2.24) is 19.4 Å². The lowest BCUT2D eigenvalue weighted by Crippen LogP contribution is -2.41. The van der Waals surface area contributed by atoms with E-state index in [1.54, 1.807) is 25.3 Å². The number of pyridine rings is 1. The first-order valence-electron chi connectivity index (χ1n) is 10.7. The van der Waals surface area contributed by atoms with Gasteiger partial charge in [0, 0.05) is 36.8 Å². The van der Waals surface area contributed by atoms with Gasteiger partial charge in [0.25, 0.3) is 0 Å². The number of aromatic nitrogens is 3. The average molecular weight is 442 g/mol. The molecule has 1 fully saturated rings. The Balaban J connectivity index is 1.48. The predicted molar refractivity (Wildman–Crippen MR) is 123 cm³/mol. The molecule has 4 rings (SSSR count). The molecule has 1 aliphatic heterocycles. The maximum atomic E-state index is 12.8. The molecule has 1 saturated heterocycles. The van der Waals surface area contributed by atoms with Gasteiger partial charge in [-0.1, -0.05) is 25.4 Å². The number of carbonyl (C=O) groups is 1. The molecule has 164 valence electrons. The molecule has 3 heterocycles. The minimum absolute atomic E-state index is 0.143. The number of ether oxygens (including phenoxy) is 1. The van der Waals surface area contributed by atoms with Crippen LogP contribution in [0.3, 0.4) is 0 Å². The van der Waals surface area contributed by atoms with Crippen LogP contribution in [0.15, 0.2) is 36.5 Å². The fourth-order valence-corrected chi connectivity index (χ4v) is 4.34. The Kier molecular flexibility index (Phi) is 6.32. The summed E-state index contributed by atoms with van der Waals surface area (Å²) >= 11 is 6.08. The molecule has 0 spiro atoms. The highest BCUT2D eigenvalue weighted by molar-refractivity contribution is 6.31. The minimum Gasteiger partial charge on any atom is -0.495 e. The highest BCUT2D eigenvalue weighted by atomic mass is 35.5. The van der Waals surface area contributed by atoms with Crippen LogP contribution in [0.2, 0.25) is 5.02 Å². The number of hydrogen-bond donors (Lipinski definition) is 1. The predicted octanol–water partition coefficient (Wildman–Crippen LogP) is 5.16. The van der Waals surface area contributed by atoms with Crippen molar-refractivity contribution in [2.24, 2.45) is 5.92 Å². The highest BCUT2D eigenvalue weighted by Crippen LogP contribution is 2.31. The third kappa shape index (κ3) is 4.61. The molecule has 0 radical (unpaired) electrons. The molecule has 2 amide bonds. The Hall–Kier alpha value is -2.80. The summed E-state index contributed by atoms with van der Waals surface area (Å²) in [5, 5.41) is 3.48. The molecule has 0 bridgehead atoms. The fraction of sp³-hybridized carbons (Fsp3) is 0.435. The van der Waals surface area contributed by atoms with Crippen molar-refractivity contribution in [3.63, 3.8) is 0 Å². The number of likely N-dealkylation sites (tertiary alicyclic amines) is 1. The number of halogens is 1. The Labute approximate surface area is 187 Å². The lowest BCUT2D eigenvalue weighted by molar-refractivity contribution is 0.183. The first-order chi connectivity index (χ1) is 15.0. The molecule has 31 heavy (non-hydrogen) atoms. The highest BCUT2D eigenvalue weighted by Gasteiger charge is 2.27. The molecule has 0 atom stereocenters. The second kappa shape index (κ2) is 9.14. The summed E-state index contributed by atoms with van der Waals surface area (Å²) in [6.45, 7) is 5.72. The van der Waals surface area contributed by atoms with Gasteiger partial charge in [-0.15, -0.1) is 0 Å². The van der Waals surface area contributed by atoms with E-state index in [2.05, 4.69) is 28.7 Å². The summed E-state index contributed by atoms with van der Waals surface area (Å²) in [4.78, 5) is 24.1. The average Bonchev–Trinajstić information content (AvgIpc) is 3.11. The van der Waals surface area contributed by atoms with E-state index < -0.39 is 0 Å². The van der Waals surface area contributed by atoms with E-state index in [-0.39, 0.29) is 12.1 Å². The lowest BCUT2D eigenvalue weighted by atomic mass is 10.0. The van der Waals surface area contributed by atoms with E-state index in [1.165, 1.54) is 0 Å². The number of anilines is 1. The summed E-state index contributed by atoms with van der Waals surface area (Å²) in [6, 6.07) is 9.26. The molecule has 7 nitrogen and oxygen atoms in total. The van der Waals surface area contributed by atoms with Gasteiger partial charge < -0.3 is 19.5 Å². The van der Waals surface area contributed by atoms with Crippen LogP contribution < -0.4 is 10.1 Å². The minimum atomic E-state index is -0.143. The van der Waals surface area contributed by atoms with E-state index in [0.29, 0.717) is 35.5 Å². The van der Waals surface area contributed by atoms with Crippen molar-refractivity contribution in [2.45, 2.75) is 39.2 Å². The van der Waals surface area contributed by atoms with Gasteiger partial charge in [-0.05, 0) is 49.1 Å². The number of urea groups is 1. The van der Waals surface area contributed by atoms with Crippen LogP contribution in [0.4, 0.5) is 10.5 Å². The van der Waals surface area contributed by atoms with E-state index in [1.807, 2.05) is 23.2 Å². The monoisotopic (exact) mass is 441 g/mol. The van der Waals surface area contributed by atoms with Crippen LogP contribution in [-0.4, -0.2) is 45.7 Å². The van der Waals surface area contributed by atoms with E-state index in [9.17, 15) is 4.79 Å². The number of fused-ring (bicyclic) bond motifs is 1. The molecule has 0 unspecified atom stereocenters. The molecule has 1 aliphatic rings. The molecule has 2 aromatic heterocycles. The van der Waals surface area contributed by atoms with Crippen molar-refractivity contribution in [3.05, 3.63) is 47.4 Å². The van der Waals surface area contributed by atoms with Crippen LogP contribution >= 0.6 is 11.6 Å². The van der Waals surface area contributed by atoms with E-state index in [0.717, 1.165) is 36.3 Å². The molecule has 8 heteroatoms. The van der Waals surface area contributed by atoms with Gasteiger partial charge in [-0.25, -0.2) is 14.8 Å². The van der Waals surface area contributed by atoms with Crippen molar-refractivity contribution in [1.29, 1.82) is 0 Å². The quantitative estimate of drug-likeness (QED) is 0.593. The Morgan fingerprint density at radius 3 is 2.77 bits per heavy atom. The number of amides is 2. The van der Waals surface area contributed by atoms with Crippen LogP contribution in [0.5, 0.6) is 5.75 Å². The molecular weight excluding hydrogens is 414 g/mol. The third-order valence-electron chi connectivity index (χ3n) is 5.63. The first-order valence-corrected chi connectivity index (χ1v) is 11.1. The van der Waals surface area contributed by atoms with Gasteiger partial charge in [0.2, 0.25) is 0 Å². The maximum absolute atomic E-state index is 12.8. The van der Waals surface area contributed by atoms with Crippen LogP contribution in [0, 0.1) is 5.92 Å². The van der Waals surface area contributed by atoms with Gasteiger partial charge in [0.1, 0.15) is 17.1 Å². The van der Waals surface area contributed by atoms with Crippen LogP contribution in [-0.2, 0) is 6.42 Å². The first kappa shape index (κ1) is 21.4. The number of methoxy groups -OCH3 is 1. The number of nitrogens with zero attached hydrogens (tertiary/aromatic N) is 4. The third-order valence-corrected chi connectivity index (χ3v) is 5.87. The smallest absolute Gasteiger partial charge is 0.321 e. The van der Waals surface area contributed by atoms with Gasteiger partial charge in [0.05, 0.1) is 12.8 Å². The number of nitrogens with one attached hydrogen (secondary N) is 1. The second-order valence-electron chi connectivity index (χ2n) is 8.34. The Bertz CT molecular complexity index is 1070. The van der Waals surface area contributed by atoms with Gasteiger partial charge in [0.15, 0.2) is 5.65 Å². The standard InChI is InChI=1S/C23H28ClN5O2/c1-15(2)13-21-26-18-5-4-10-25-22(18)29(21)17-8-11-28(12-9-17)23(30)27-19-14-16(24)6-7-20(19)31-3/h4-7,10,14-15,17H,8-9,11-13H2,1-3H3,(H,27,30). The van der Waals surface area contributed by atoms with Gasteiger partial charge in [-0.3, -0.25) is 0 Å². The molecule has 0 aliphatic carbocycles. The largest absolute Gasteiger partial charge is 0.495 e. The molecular formula is C23H28ClN5O2. The normalized spacial score (nSPS) is 14.9. The molecule has 1 N–H and O–H groups in total. The maximum Gasteiger partial charge on any atom is 0.321 e. The molecule has 3 aromatic rings. The summed E-state index contributed by atoms with van der Waals surface area (Å²) in [6.07, 6.45) is 4.44. The summed E-state index contributed by atoms with van der Waals surface area (Å²) in [5.41, 5.74) is 2.45. The number of hydrogen-bond acceptors (Lipinski definition) is 4. The van der Waals surface area contributed by atoms with Crippen LogP contribution in [0.25, 0.3) is 11.2 Å².